The number of fused-ring (bicyclic) bond motifs is 1. The molecule has 0 aromatic carbocycles. The Labute approximate surface area is 145 Å². The normalized spacial score (nSPS) is 14.3. The lowest BCUT2D eigenvalue weighted by Gasteiger charge is -2.29. The maximum absolute atomic E-state index is 12.3. The van der Waals surface area contributed by atoms with Crippen molar-refractivity contribution in [2.24, 2.45) is 0 Å². The fourth-order valence-corrected chi connectivity index (χ4v) is 3.62. The minimum Gasteiger partial charge on any atom is -0.362 e. The molecule has 3 rings (SSSR count). The van der Waals surface area contributed by atoms with E-state index in [9.17, 15) is 4.79 Å². The number of anilines is 2. The molecule has 0 aliphatic carbocycles. The maximum atomic E-state index is 12.3. The third-order valence-electron chi connectivity index (χ3n) is 4.12. The summed E-state index contributed by atoms with van der Waals surface area (Å²) in [5, 5.41) is 3.57. The molecule has 2 aromatic rings. The van der Waals surface area contributed by atoms with Crippen LogP contribution in [0.15, 0.2) is 6.33 Å². The minimum atomic E-state index is -0.0320. The molecule has 1 aliphatic rings. The van der Waals surface area contributed by atoms with Gasteiger partial charge in [-0.1, -0.05) is 0 Å². The third kappa shape index (κ3) is 3.54. The van der Waals surface area contributed by atoms with E-state index >= 15 is 0 Å². The molecule has 2 aromatic heterocycles. The zero-order valence-electron chi connectivity index (χ0n) is 14.5. The third-order valence-corrected chi connectivity index (χ3v) is 5.11. The first-order chi connectivity index (χ1) is 11.4. The van der Waals surface area contributed by atoms with Gasteiger partial charge in [-0.2, -0.15) is 0 Å². The van der Waals surface area contributed by atoms with E-state index < -0.39 is 0 Å². The van der Waals surface area contributed by atoms with Crippen LogP contribution in [0, 0.1) is 13.8 Å². The lowest BCUT2D eigenvalue weighted by atomic mass is 10.1. The van der Waals surface area contributed by atoms with E-state index in [0.717, 1.165) is 40.6 Å². The Hall–Kier alpha value is -2.06. The highest BCUT2D eigenvalue weighted by Gasteiger charge is 2.23. The second kappa shape index (κ2) is 6.82. The monoisotopic (exact) mass is 346 g/mol. The molecule has 0 spiro atoms. The highest BCUT2D eigenvalue weighted by molar-refractivity contribution is 7.15. The zero-order chi connectivity index (χ0) is 17.3. The molecule has 0 unspecified atom stereocenters. The van der Waals surface area contributed by atoms with Crippen molar-refractivity contribution in [2.45, 2.75) is 26.8 Å². The Balaban J connectivity index is 1.66. The Morgan fingerprint density at radius 2 is 2.17 bits per heavy atom. The van der Waals surface area contributed by atoms with Crippen LogP contribution in [0.4, 0.5) is 10.9 Å². The van der Waals surface area contributed by atoms with Crippen LogP contribution >= 0.6 is 11.3 Å². The number of hydrogen-bond donors (Lipinski definition) is 1. The van der Waals surface area contributed by atoms with E-state index in [-0.39, 0.29) is 5.91 Å². The van der Waals surface area contributed by atoms with Gasteiger partial charge in [0, 0.05) is 44.0 Å². The van der Waals surface area contributed by atoms with Crippen LogP contribution in [-0.2, 0) is 17.8 Å². The molecule has 0 atom stereocenters. The van der Waals surface area contributed by atoms with Gasteiger partial charge in [-0.15, -0.1) is 11.3 Å². The van der Waals surface area contributed by atoms with Crippen LogP contribution in [0.5, 0.6) is 0 Å². The van der Waals surface area contributed by atoms with Crippen LogP contribution in [0.2, 0.25) is 0 Å². The number of thiazole rings is 1. The Bertz CT molecular complexity index is 738. The summed E-state index contributed by atoms with van der Waals surface area (Å²) < 4.78 is 0. The summed E-state index contributed by atoms with van der Waals surface area (Å²) in [7, 11) is 3.95. The quantitative estimate of drug-likeness (QED) is 0.907. The predicted molar refractivity (Wildman–Crippen MR) is 95.6 cm³/mol. The van der Waals surface area contributed by atoms with Crippen LogP contribution in [0.1, 0.15) is 21.8 Å². The second-order valence-electron chi connectivity index (χ2n) is 6.19. The molecule has 1 N–H and O–H groups in total. The van der Waals surface area contributed by atoms with Crippen molar-refractivity contribution in [2.75, 3.05) is 37.4 Å². The zero-order valence-corrected chi connectivity index (χ0v) is 15.3. The number of nitrogens with one attached hydrogen (secondary N) is 1. The average Bonchev–Trinajstić information content (AvgIpc) is 2.84. The van der Waals surface area contributed by atoms with E-state index in [4.69, 9.17) is 0 Å². The summed E-state index contributed by atoms with van der Waals surface area (Å²) in [4.78, 5) is 30.7. The van der Waals surface area contributed by atoms with Crippen molar-refractivity contribution in [1.82, 2.24) is 19.9 Å². The number of amides is 1. The summed E-state index contributed by atoms with van der Waals surface area (Å²) in [6.45, 7) is 5.81. The van der Waals surface area contributed by atoms with Gasteiger partial charge < -0.3 is 10.2 Å². The number of rotatable bonds is 4. The first-order valence-corrected chi connectivity index (χ1v) is 8.72. The van der Waals surface area contributed by atoms with Crippen molar-refractivity contribution in [3.8, 4) is 0 Å². The molecule has 24 heavy (non-hydrogen) atoms. The number of nitrogens with zero attached hydrogens (tertiary/aromatic N) is 5. The largest absolute Gasteiger partial charge is 0.362 e. The highest BCUT2D eigenvalue weighted by Crippen LogP contribution is 2.25. The Kier molecular flexibility index (Phi) is 4.77. The van der Waals surface area contributed by atoms with Gasteiger partial charge in [0.05, 0.1) is 17.9 Å². The van der Waals surface area contributed by atoms with E-state index in [1.807, 2.05) is 32.8 Å². The molecule has 3 heterocycles. The van der Waals surface area contributed by atoms with Gasteiger partial charge in [0.1, 0.15) is 12.1 Å². The lowest BCUT2D eigenvalue weighted by Crippen LogP contribution is -2.38. The molecule has 0 radical (unpaired) electrons. The number of carbonyl (C=O) groups is 1. The molecule has 0 saturated carbocycles. The summed E-state index contributed by atoms with van der Waals surface area (Å²) in [6, 6.07) is 0. The van der Waals surface area contributed by atoms with Gasteiger partial charge >= 0.3 is 0 Å². The topological polar surface area (TPSA) is 74.2 Å². The fourth-order valence-electron chi connectivity index (χ4n) is 2.79. The predicted octanol–water partition coefficient (Wildman–Crippen LogP) is 1.61. The number of aryl methyl sites for hydroxylation is 2. The van der Waals surface area contributed by atoms with Gasteiger partial charge in [-0.25, -0.2) is 15.0 Å². The Morgan fingerprint density at radius 3 is 2.83 bits per heavy atom. The molecular weight excluding hydrogens is 324 g/mol. The minimum absolute atomic E-state index is 0.0320. The van der Waals surface area contributed by atoms with Crippen molar-refractivity contribution < 1.29 is 4.79 Å². The number of aromatic nitrogens is 3. The van der Waals surface area contributed by atoms with Crippen molar-refractivity contribution in [3.63, 3.8) is 0 Å². The second-order valence-corrected chi connectivity index (χ2v) is 7.39. The standard InChI is InChI=1S/C16H22N6OS/c1-10-11(2)24-16(19-10)20-14(23)8-22-6-5-13-12(7-22)15(21(3)4)18-9-17-13/h9H,5-8H2,1-4H3,(H,19,20,23). The summed E-state index contributed by atoms with van der Waals surface area (Å²) in [5.41, 5.74) is 3.16. The molecule has 0 bridgehead atoms. The van der Waals surface area contributed by atoms with E-state index in [1.54, 1.807) is 6.33 Å². The summed E-state index contributed by atoms with van der Waals surface area (Å²) >= 11 is 1.51. The highest BCUT2D eigenvalue weighted by atomic mass is 32.1. The first kappa shape index (κ1) is 16.8. The molecule has 0 saturated heterocycles. The van der Waals surface area contributed by atoms with E-state index in [1.165, 1.54) is 11.3 Å². The fraction of sp³-hybridized carbons (Fsp3) is 0.500. The molecule has 7 nitrogen and oxygen atoms in total. The lowest BCUT2D eigenvalue weighted by molar-refractivity contribution is -0.117. The molecular formula is C16H22N6OS. The maximum Gasteiger partial charge on any atom is 0.240 e. The van der Waals surface area contributed by atoms with E-state index in [0.29, 0.717) is 18.2 Å². The number of hydrogen-bond acceptors (Lipinski definition) is 7. The van der Waals surface area contributed by atoms with Gasteiger partial charge in [-0.3, -0.25) is 9.69 Å². The van der Waals surface area contributed by atoms with Crippen molar-refractivity contribution in [3.05, 3.63) is 28.2 Å². The summed E-state index contributed by atoms with van der Waals surface area (Å²) in [5.74, 6) is 0.895. The van der Waals surface area contributed by atoms with Crippen LogP contribution in [-0.4, -0.2) is 52.9 Å². The molecule has 128 valence electrons. The van der Waals surface area contributed by atoms with Gasteiger partial charge in [0.2, 0.25) is 5.91 Å². The van der Waals surface area contributed by atoms with Crippen LogP contribution in [0.3, 0.4) is 0 Å². The molecule has 0 fully saturated rings. The van der Waals surface area contributed by atoms with Gasteiger partial charge in [-0.05, 0) is 13.8 Å². The first-order valence-electron chi connectivity index (χ1n) is 7.90. The SMILES string of the molecule is Cc1nc(NC(=O)CN2CCc3ncnc(N(C)C)c3C2)sc1C. The van der Waals surface area contributed by atoms with E-state index in [2.05, 4.69) is 25.2 Å². The summed E-state index contributed by atoms with van der Waals surface area (Å²) in [6.07, 6.45) is 2.45. The Morgan fingerprint density at radius 1 is 1.38 bits per heavy atom. The molecule has 1 aliphatic heterocycles. The van der Waals surface area contributed by atoms with Gasteiger partial charge in [0.15, 0.2) is 5.13 Å². The van der Waals surface area contributed by atoms with Gasteiger partial charge in [0.25, 0.3) is 0 Å². The molecule has 8 heteroatoms. The van der Waals surface area contributed by atoms with Crippen LogP contribution < -0.4 is 10.2 Å². The molecule has 1 amide bonds. The van der Waals surface area contributed by atoms with Crippen LogP contribution in [0.25, 0.3) is 0 Å². The van der Waals surface area contributed by atoms with Crippen molar-refractivity contribution >= 4 is 28.2 Å². The average molecular weight is 346 g/mol. The smallest absolute Gasteiger partial charge is 0.240 e. The number of carbonyl (C=O) groups excluding carboxylic acids is 1. The van der Waals surface area contributed by atoms with Crippen molar-refractivity contribution in [1.29, 1.82) is 0 Å².